The van der Waals surface area contributed by atoms with Gasteiger partial charge in [-0.2, -0.15) is 0 Å². The van der Waals surface area contributed by atoms with Crippen molar-refractivity contribution in [1.29, 1.82) is 0 Å². The lowest BCUT2D eigenvalue weighted by Crippen LogP contribution is -2.18. The van der Waals surface area contributed by atoms with Crippen LogP contribution in [-0.4, -0.2) is 15.6 Å². The lowest BCUT2D eigenvalue weighted by molar-refractivity contribution is 0.517. The third-order valence-electron chi connectivity index (χ3n) is 3.35. The van der Waals surface area contributed by atoms with Crippen LogP contribution >= 0.6 is 0 Å². The summed E-state index contributed by atoms with van der Waals surface area (Å²) >= 11 is 0. The molecule has 3 nitrogen and oxygen atoms in total. The standard InChI is InChI=1S/C13H23N3/c1-11(2)7-9-16-10-8-14-13(16)15-12-5-3-4-6-12/h8,10-12H,3-7,9H2,1-2H3,(H,14,15). The van der Waals surface area contributed by atoms with Gasteiger partial charge in [-0.3, -0.25) is 0 Å². The zero-order chi connectivity index (χ0) is 11.4. The number of rotatable bonds is 5. The van der Waals surface area contributed by atoms with Gasteiger partial charge in [0.25, 0.3) is 0 Å². The van der Waals surface area contributed by atoms with Crippen LogP contribution in [-0.2, 0) is 6.54 Å². The first kappa shape index (κ1) is 11.5. The van der Waals surface area contributed by atoms with Gasteiger partial charge in [0.05, 0.1) is 0 Å². The Bertz CT molecular complexity index is 311. The average molecular weight is 221 g/mol. The molecule has 3 heteroatoms. The highest BCUT2D eigenvalue weighted by Gasteiger charge is 2.16. The molecule has 0 saturated heterocycles. The predicted octanol–water partition coefficient (Wildman–Crippen LogP) is 3.28. The molecule has 1 aliphatic rings. The molecule has 0 unspecified atom stereocenters. The van der Waals surface area contributed by atoms with Crippen molar-refractivity contribution < 1.29 is 0 Å². The zero-order valence-corrected chi connectivity index (χ0v) is 10.4. The minimum absolute atomic E-state index is 0.653. The largest absolute Gasteiger partial charge is 0.353 e. The lowest BCUT2D eigenvalue weighted by atomic mass is 10.1. The highest BCUT2D eigenvalue weighted by Crippen LogP contribution is 2.21. The van der Waals surface area contributed by atoms with Gasteiger partial charge in [0.15, 0.2) is 0 Å². The van der Waals surface area contributed by atoms with Crippen LogP contribution in [0.5, 0.6) is 0 Å². The Morgan fingerprint density at radius 2 is 2.19 bits per heavy atom. The smallest absolute Gasteiger partial charge is 0.202 e. The highest BCUT2D eigenvalue weighted by molar-refractivity contribution is 5.27. The van der Waals surface area contributed by atoms with Crippen molar-refractivity contribution in [3.05, 3.63) is 12.4 Å². The molecule has 0 bridgehead atoms. The Hall–Kier alpha value is -0.990. The van der Waals surface area contributed by atoms with Gasteiger partial charge in [-0.1, -0.05) is 26.7 Å². The molecule has 16 heavy (non-hydrogen) atoms. The van der Waals surface area contributed by atoms with E-state index in [0.29, 0.717) is 6.04 Å². The number of hydrogen-bond donors (Lipinski definition) is 1. The molecule has 0 aliphatic heterocycles. The second-order valence-electron chi connectivity index (χ2n) is 5.25. The second kappa shape index (κ2) is 5.37. The Morgan fingerprint density at radius 1 is 1.44 bits per heavy atom. The fourth-order valence-electron chi connectivity index (χ4n) is 2.28. The van der Waals surface area contributed by atoms with Crippen LogP contribution in [0.1, 0.15) is 46.0 Å². The quantitative estimate of drug-likeness (QED) is 0.827. The van der Waals surface area contributed by atoms with Gasteiger partial charge in [0.1, 0.15) is 0 Å². The lowest BCUT2D eigenvalue weighted by Gasteiger charge is -2.15. The summed E-state index contributed by atoms with van der Waals surface area (Å²) in [6.07, 6.45) is 10.5. The Kier molecular flexibility index (Phi) is 3.86. The average Bonchev–Trinajstić information content (AvgIpc) is 2.87. The first-order valence-corrected chi connectivity index (χ1v) is 6.53. The summed E-state index contributed by atoms with van der Waals surface area (Å²) in [5, 5.41) is 3.57. The minimum Gasteiger partial charge on any atom is -0.353 e. The van der Waals surface area contributed by atoms with Crippen molar-refractivity contribution in [2.75, 3.05) is 5.32 Å². The minimum atomic E-state index is 0.653. The molecule has 1 saturated carbocycles. The maximum absolute atomic E-state index is 4.41. The number of aryl methyl sites for hydroxylation is 1. The molecule has 1 N–H and O–H groups in total. The fourth-order valence-corrected chi connectivity index (χ4v) is 2.28. The van der Waals surface area contributed by atoms with Gasteiger partial charge < -0.3 is 9.88 Å². The third-order valence-corrected chi connectivity index (χ3v) is 3.35. The maximum atomic E-state index is 4.41. The second-order valence-corrected chi connectivity index (χ2v) is 5.25. The summed E-state index contributed by atoms with van der Waals surface area (Å²) in [5.74, 6) is 1.81. The van der Waals surface area contributed by atoms with E-state index in [9.17, 15) is 0 Å². The molecule has 0 atom stereocenters. The summed E-state index contributed by atoms with van der Waals surface area (Å²) in [4.78, 5) is 4.41. The monoisotopic (exact) mass is 221 g/mol. The van der Waals surface area contributed by atoms with Gasteiger partial charge in [-0.15, -0.1) is 0 Å². The SMILES string of the molecule is CC(C)CCn1ccnc1NC1CCCC1. The molecule has 0 amide bonds. The van der Waals surface area contributed by atoms with E-state index in [1.807, 2.05) is 6.20 Å². The van der Waals surface area contributed by atoms with Crippen molar-refractivity contribution in [2.45, 2.75) is 58.5 Å². The predicted molar refractivity (Wildman–Crippen MR) is 67.6 cm³/mol. The highest BCUT2D eigenvalue weighted by atomic mass is 15.2. The summed E-state index contributed by atoms with van der Waals surface area (Å²) in [6.45, 7) is 5.61. The topological polar surface area (TPSA) is 29.9 Å². The molecule has 1 aliphatic carbocycles. The van der Waals surface area contributed by atoms with E-state index in [1.54, 1.807) is 0 Å². The molecular weight excluding hydrogens is 198 g/mol. The molecular formula is C13H23N3. The molecule has 1 aromatic heterocycles. The summed E-state index contributed by atoms with van der Waals surface area (Å²) in [6, 6.07) is 0.653. The molecule has 0 spiro atoms. The molecule has 1 aromatic rings. The number of nitrogens with one attached hydrogen (secondary N) is 1. The molecule has 1 heterocycles. The van der Waals surface area contributed by atoms with Crippen molar-refractivity contribution in [3.63, 3.8) is 0 Å². The first-order valence-electron chi connectivity index (χ1n) is 6.53. The van der Waals surface area contributed by atoms with Crippen LogP contribution in [0.25, 0.3) is 0 Å². The van der Waals surface area contributed by atoms with Crippen molar-refractivity contribution >= 4 is 5.95 Å². The van der Waals surface area contributed by atoms with Gasteiger partial charge >= 0.3 is 0 Å². The molecule has 0 aromatic carbocycles. The molecule has 1 fully saturated rings. The van der Waals surface area contributed by atoms with Gasteiger partial charge in [0.2, 0.25) is 5.95 Å². The van der Waals surface area contributed by atoms with Crippen LogP contribution in [0.2, 0.25) is 0 Å². The van der Waals surface area contributed by atoms with E-state index in [1.165, 1.54) is 32.1 Å². The number of nitrogens with zero attached hydrogens (tertiary/aromatic N) is 2. The normalized spacial score (nSPS) is 17.2. The number of imidazole rings is 1. The van der Waals surface area contributed by atoms with E-state index in [0.717, 1.165) is 18.4 Å². The van der Waals surface area contributed by atoms with Crippen molar-refractivity contribution in [3.8, 4) is 0 Å². The fraction of sp³-hybridized carbons (Fsp3) is 0.769. The number of hydrogen-bond acceptors (Lipinski definition) is 2. The van der Waals surface area contributed by atoms with Crippen LogP contribution in [0.3, 0.4) is 0 Å². The van der Waals surface area contributed by atoms with Crippen LogP contribution in [0.15, 0.2) is 12.4 Å². The Balaban J connectivity index is 1.90. The summed E-state index contributed by atoms with van der Waals surface area (Å²) < 4.78 is 2.25. The number of anilines is 1. The van der Waals surface area contributed by atoms with Crippen molar-refractivity contribution in [1.82, 2.24) is 9.55 Å². The van der Waals surface area contributed by atoms with Crippen LogP contribution < -0.4 is 5.32 Å². The van der Waals surface area contributed by atoms with Crippen molar-refractivity contribution in [2.24, 2.45) is 5.92 Å². The first-order chi connectivity index (χ1) is 7.75. The van der Waals surface area contributed by atoms with Gasteiger partial charge in [0, 0.05) is 25.0 Å². The van der Waals surface area contributed by atoms with E-state index in [-0.39, 0.29) is 0 Å². The van der Waals surface area contributed by atoms with E-state index in [4.69, 9.17) is 0 Å². The van der Waals surface area contributed by atoms with E-state index in [2.05, 4.69) is 34.9 Å². The zero-order valence-electron chi connectivity index (χ0n) is 10.4. The molecule has 90 valence electrons. The molecule has 2 rings (SSSR count). The van der Waals surface area contributed by atoms with Gasteiger partial charge in [-0.05, 0) is 25.2 Å². The van der Waals surface area contributed by atoms with Crippen LogP contribution in [0.4, 0.5) is 5.95 Å². The summed E-state index contributed by atoms with van der Waals surface area (Å²) in [7, 11) is 0. The van der Waals surface area contributed by atoms with Crippen LogP contribution in [0, 0.1) is 5.92 Å². The third kappa shape index (κ3) is 3.00. The molecule has 0 radical (unpaired) electrons. The summed E-state index contributed by atoms with van der Waals surface area (Å²) in [5.41, 5.74) is 0. The van der Waals surface area contributed by atoms with E-state index < -0.39 is 0 Å². The Morgan fingerprint density at radius 3 is 2.88 bits per heavy atom. The van der Waals surface area contributed by atoms with E-state index >= 15 is 0 Å². The Labute approximate surface area is 98.3 Å². The van der Waals surface area contributed by atoms with Gasteiger partial charge in [-0.25, -0.2) is 4.98 Å². The maximum Gasteiger partial charge on any atom is 0.202 e. The number of aromatic nitrogens is 2.